The highest BCUT2D eigenvalue weighted by Gasteiger charge is 2.24. The van der Waals surface area contributed by atoms with E-state index in [4.69, 9.17) is 5.73 Å². The summed E-state index contributed by atoms with van der Waals surface area (Å²) in [5, 5.41) is 3.13. The molecule has 1 amide bonds. The summed E-state index contributed by atoms with van der Waals surface area (Å²) in [5.41, 5.74) is 8.45. The van der Waals surface area contributed by atoms with E-state index in [2.05, 4.69) is 34.5 Å². The third kappa shape index (κ3) is 4.66. The lowest BCUT2D eigenvalue weighted by molar-refractivity contribution is -0.122. The predicted octanol–water partition coefficient (Wildman–Crippen LogP) is 2.47. The number of nitrogens with two attached hydrogens (primary N) is 1. The number of hydrogen-bond donors (Lipinski definition) is 2. The van der Waals surface area contributed by atoms with Gasteiger partial charge in [-0.25, -0.2) is 0 Å². The van der Waals surface area contributed by atoms with Crippen LogP contribution in [0.4, 0.5) is 0 Å². The van der Waals surface area contributed by atoms with Crippen molar-refractivity contribution in [3.63, 3.8) is 0 Å². The molecular weight excluding hydrogens is 298 g/mol. The SMILES string of the molecule is NC(CC(=O)NC1CCN(Cc2ccccc2)C1)c1ccccc1. The molecule has 24 heavy (non-hydrogen) atoms. The molecule has 0 bridgehead atoms. The normalized spacial score (nSPS) is 19.1. The maximum absolute atomic E-state index is 12.2. The molecule has 2 unspecified atom stereocenters. The molecule has 0 aliphatic carbocycles. The van der Waals surface area contributed by atoms with Gasteiger partial charge >= 0.3 is 0 Å². The van der Waals surface area contributed by atoms with Crippen LogP contribution in [0.3, 0.4) is 0 Å². The van der Waals surface area contributed by atoms with Crippen molar-refractivity contribution in [2.75, 3.05) is 13.1 Å². The zero-order chi connectivity index (χ0) is 16.8. The quantitative estimate of drug-likeness (QED) is 0.858. The Bertz CT molecular complexity index is 644. The molecule has 1 fully saturated rings. The molecule has 1 aliphatic rings. The number of carbonyl (C=O) groups is 1. The summed E-state index contributed by atoms with van der Waals surface area (Å²) in [5.74, 6) is 0.0397. The zero-order valence-corrected chi connectivity index (χ0v) is 13.9. The van der Waals surface area contributed by atoms with Gasteiger partial charge in [-0.2, -0.15) is 0 Å². The van der Waals surface area contributed by atoms with Gasteiger partial charge in [0.25, 0.3) is 0 Å². The largest absolute Gasteiger partial charge is 0.352 e. The van der Waals surface area contributed by atoms with Crippen LogP contribution in [0.2, 0.25) is 0 Å². The van der Waals surface area contributed by atoms with Crippen molar-refractivity contribution in [2.24, 2.45) is 5.73 Å². The molecular formula is C20H25N3O. The van der Waals surface area contributed by atoms with Gasteiger partial charge in [-0.1, -0.05) is 60.7 Å². The van der Waals surface area contributed by atoms with Crippen molar-refractivity contribution in [1.82, 2.24) is 10.2 Å². The Morgan fingerprint density at radius 2 is 1.79 bits per heavy atom. The average Bonchev–Trinajstić information content (AvgIpc) is 3.03. The Kier molecular flexibility index (Phi) is 5.62. The van der Waals surface area contributed by atoms with Gasteiger partial charge in [0.05, 0.1) is 0 Å². The van der Waals surface area contributed by atoms with Crippen LogP contribution in [-0.4, -0.2) is 29.9 Å². The summed E-state index contributed by atoms with van der Waals surface area (Å²) in [7, 11) is 0. The number of benzene rings is 2. The number of carbonyl (C=O) groups excluding carboxylic acids is 1. The number of nitrogens with one attached hydrogen (secondary N) is 1. The molecule has 0 saturated carbocycles. The van der Waals surface area contributed by atoms with Gasteiger partial charge in [-0.05, 0) is 17.5 Å². The Hall–Kier alpha value is -2.17. The van der Waals surface area contributed by atoms with Crippen molar-refractivity contribution in [3.8, 4) is 0 Å². The van der Waals surface area contributed by atoms with Gasteiger partial charge in [-0.3, -0.25) is 9.69 Å². The van der Waals surface area contributed by atoms with E-state index >= 15 is 0 Å². The molecule has 126 valence electrons. The van der Waals surface area contributed by atoms with Crippen LogP contribution in [0.1, 0.15) is 30.0 Å². The van der Waals surface area contributed by atoms with Crippen LogP contribution >= 0.6 is 0 Å². The summed E-state index contributed by atoms with van der Waals surface area (Å²) in [4.78, 5) is 14.6. The van der Waals surface area contributed by atoms with Crippen LogP contribution < -0.4 is 11.1 Å². The van der Waals surface area contributed by atoms with E-state index in [1.807, 2.05) is 36.4 Å². The molecule has 1 saturated heterocycles. The monoisotopic (exact) mass is 323 g/mol. The van der Waals surface area contributed by atoms with E-state index in [1.54, 1.807) is 0 Å². The third-order valence-corrected chi connectivity index (χ3v) is 4.52. The maximum atomic E-state index is 12.2. The van der Waals surface area contributed by atoms with Gasteiger partial charge < -0.3 is 11.1 Å². The fourth-order valence-electron chi connectivity index (χ4n) is 3.24. The van der Waals surface area contributed by atoms with Crippen LogP contribution in [0.15, 0.2) is 60.7 Å². The van der Waals surface area contributed by atoms with Crippen LogP contribution in [0.5, 0.6) is 0 Å². The molecule has 2 atom stereocenters. The highest BCUT2D eigenvalue weighted by atomic mass is 16.1. The lowest BCUT2D eigenvalue weighted by Gasteiger charge is -2.18. The summed E-state index contributed by atoms with van der Waals surface area (Å²) < 4.78 is 0. The highest BCUT2D eigenvalue weighted by Crippen LogP contribution is 2.16. The van der Waals surface area contributed by atoms with Crippen molar-refractivity contribution < 1.29 is 4.79 Å². The topological polar surface area (TPSA) is 58.4 Å². The van der Waals surface area contributed by atoms with Gasteiger partial charge in [-0.15, -0.1) is 0 Å². The lowest BCUT2D eigenvalue weighted by Crippen LogP contribution is -2.38. The summed E-state index contributed by atoms with van der Waals surface area (Å²) in [6, 6.07) is 20.2. The average molecular weight is 323 g/mol. The Morgan fingerprint density at radius 1 is 1.12 bits per heavy atom. The number of likely N-dealkylation sites (tertiary alicyclic amines) is 1. The van der Waals surface area contributed by atoms with E-state index in [0.29, 0.717) is 6.42 Å². The van der Waals surface area contributed by atoms with Crippen LogP contribution in [-0.2, 0) is 11.3 Å². The minimum atomic E-state index is -0.243. The predicted molar refractivity (Wildman–Crippen MR) is 96.3 cm³/mol. The van der Waals surface area contributed by atoms with Crippen LogP contribution in [0.25, 0.3) is 0 Å². The van der Waals surface area contributed by atoms with E-state index in [1.165, 1.54) is 5.56 Å². The Balaban J connectivity index is 1.44. The Morgan fingerprint density at radius 3 is 2.50 bits per heavy atom. The first kappa shape index (κ1) is 16.7. The molecule has 4 heteroatoms. The fraction of sp³-hybridized carbons (Fsp3) is 0.350. The highest BCUT2D eigenvalue weighted by molar-refractivity contribution is 5.77. The summed E-state index contributed by atoms with van der Waals surface area (Å²) in [6.07, 6.45) is 1.33. The van der Waals surface area contributed by atoms with Gasteiger partial charge in [0.15, 0.2) is 0 Å². The number of nitrogens with zero attached hydrogens (tertiary/aromatic N) is 1. The van der Waals surface area contributed by atoms with Gasteiger partial charge in [0, 0.05) is 38.1 Å². The first-order valence-corrected chi connectivity index (χ1v) is 8.57. The van der Waals surface area contributed by atoms with Crippen molar-refractivity contribution >= 4 is 5.91 Å². The molecule has 0 radical (unpaired) electrons. The first-order valence-electron chi connectivity index (χ1n) is 8.57. The molecule has 3 rings (SSSR count). The smallest absolute Gasteiger partial charge is 0.222 e. The van der Waals surface area contributed by atoms with Crippen molar-refractivity contribution in [3.05, 3.63) is 71.8 Å². The van der Waals surface area contributed by atoms with E-state index < -0.39 is 0 Å². The summed E-state index contributed by atoms with van der Waals surface area (Å²) in [6.45, 7) is 2.86. The molecule has 0 spiro atoms. The van der Waals surface area contributed by atoms with Gasteiger partial charge in [0.2, 0.25) is 5.91 Å². The van der Waals surface area contributed by atoms with Crippen LogP contribution in [0, 0.1) is 0 Å². The maximum Gasteiger partial charge on any atom is 0.222 e. The molecule has 1 aliphatic heterocycles. The Labute approximate surface area is 143 Å². The van der Waals surface area contributed by atoms with Crippen molar-refractivity contribution in [2.45, 2.75) is 31.5 Å². The molecule has 1 heterocycles. The standard InChI is InChI=1S/C20H25N3O/c21-19(17-9-5-2-6-10-17)13-20(24)22-18-11-12-23(15-18)14-16-7-3-1-4-8-16/h1-10,18-19H,11-15,21H2,(H,22,24). The van der Waals surface area contributed by atoms with Gasteiger partial charge in [0.1, 0.15) is 0 Å². The molecule has 3 N–H and O–H groups in total. The van der Waals surface area contributed by atoms with E-state index in [9.17, 15) is 4.79 Å². The second-order valence-corrected chi connectivity index (χ2v) is 6.50. The molecule has 2 aromatic rings. The molecule has 0 aromatic heterocycles. The fourth-order valence-corrected chi connectivity index (χ4v) is 3.24. The number of hydrogen-bond acceptors (Lipinski definition) is 3. The minimum absolute atomic E-state index is 0.0397. The summed E-state index contributed by atoms with van der Waals surface area (Å²) >= 11 is 0. The second-order valence-electron chi connectivity index (χ2n) is 6.50. The molecule has 4 nitrogen and oxygen atoms in total. The second kappa shape index (κ2) is 8.08. The lowest BCUT2D eigenvalue weighted by atomic mass is 10.0. The third-order valence-electron chi connectivity index (χ3n) is 4.52. The number of rotatable bonds is 6. The minimum Gasteiger partial charge on any atom is -0.352 e. The number of amides is 1. The van der Waals surface area contributed by atoms with E-state index in [0.717, 1.165) is 31.6 Å². The van der Waals surface area contributed by atoms with Crippen molar-refractivity contribution in [1.29, 1.82) is 0 Å². The molecule has 2 aromatic carbocycles. The zero-order valence-electron chi connectivity index (χ0n) is 13.9. The van der Waals surface area contributed by atoms with E-state index in [-0.39, 0.29) is 18.0 Å². The first-order chi connectivity index (χ1) is 11.7.